The Morgan fingerprint density at radius 1 is 1.36 bits per heavy atom. The van der Waals surface area contributed by atoms with Gasteiger partial charge in [-0.3, -0.25) is 9.48 Å². The number of aromatic nitrogens is 3. The zero-order chi connectivity index (χ0) is 18.6. The van der Waals surface area contributed by atoms with Gasteiger partial charge in [-0.15, -0.1) is 0 Å². The molecule has 1 fully saturated rings. The van der Waals surface area contributed by atoms with Gasteiger partial charge in [0.25, 0.3) is 10.2 Å². The lowest BCUT2D eigenvalue weighted by Crippen LogP contribution is -2.46. The molecule has 9 nitrogen and oxygen atoms in total. The second-order valence-electron chi connectivity index (χ2n) is 6.98. The van der Waals surface area contributed by atoms with Crippen LogP contribution in [-0.4, -0.2) is 71.5 Å². The van der Waals surface area contributed by atoms with E-state index in [4.69, 9.17) is 0 Å². The number of carbonyl (C=O) groups is 1. The predicted octanol–water partition coefficient (Wildman–Crippen LogP) is -0.0627. The van der Waals surface area contributed by atoms with Gasteiger partial charge in [0.15, 0.2) is 0 Å². The highest BCUT2D eigenvalue weighted by atomic mass is 32.2. The van der Waals surface area contributed by atoms with Gasteiger partial charge in [0.05, 0.1) is 0 Å². The van der Waals surface area contributed by atoms with Crippen molar-refractivity contribution in [3.8, 4) is 0 Å². The Labute approximate surface area is 149 Å². The molecule has 0 saturated carbocycles. The van der Waals surface area contributed by atoms with Crippen molar-refractivity contribution in [2.24, 2.45) is 11.8 Å². The fourth-order valence-electron chi connectivity index (χ4n) is 3.03. The number of rotatable bonds is 8. The average Bonchev–Trinajstić information content (AvgIpc) is 3.16. The SMILES string of the molecule is CC(C)[C@@H]1CN(C(=O)CCCn2cncn2)C[C@H]1NS(=O)(=O)N(C)C. The Bertz CT molecular complexity index is 659. The normalized spacial score (nSPS) is 21.4. The van der Waals surface area contributed by atoms with E-state index in [0.29, 0.717) is 32.5 Å². The Hall–Kier alpha value is -1.52. The Balaban J connectivity index is 1.92. The van der Waals surface area contributed by atoms with Crippen LogP contribution in [0.3, 0.4) is 0 Å². The zero-order valence-corrected chi connectivity index (χ0v) is 16.1. The molecule has 1 N–H and O–H groups in total. The van der Waals surface area contributed by atoms with Crippen molar-refractivity contribution in [3.05, 3.63) is 12.7 Å². The minimum absolute atomic E-state index is 0.0531. The number of carbonyl (C=O) groups excluding carboxylic acids is 1. The fraction of sp³-hybridized carbons (Fsp3) is 0.800. The summed E-state index contributed by atoms with van der Waals surface area (Å²) in [5.74, 6) is 0.439. The standard InChI is InChI=1S/C15H28N6O3S/c1-12(2)13-8-20(9-14(13)18-25(23,24)19(3)4)15(22)6-5-7-21-11-16-10-17-21/h10-14,18H,5-9H2,1-4H3/t13-,14+/m0/s1. The van der Waals surface area contributed by atoms with Crippen molar-refractivity contribution < 1.29 is 13.2 Å². The first-order valence-electron chi connectivity index (χ1n) is 8.50. The lowest BCUT2D eigenvalue weighted by molar-refractivity contribution is -0.130. The maximum Gasteiger partial charge on any atom is 0.279 e. The number of nitrogens with one attached hydrogen (secondary N) is 1. The van der Waals surface area contributed by atoms with Gasteiger partial charge in [0, 0.05) is 46.2 Å². The van der Waals surface area contributed by atoms with Crippen LogP contribution in [-0.2, 0) is 21.5 Å². The van der Waals surface area contributed by atoms with E-state index in [-0.39, 0.29) is 23.8 Å². The van der Waals surface area contributed by atoms with Gasteiger partial charge < -0.3 is 4.90 Å². The van der Waals surface area contributed by atoms with Crippen molar-refractivity contribution in [2.75, 3.05) is 27.2 Å². The predicted molar refractivity (Wildman–Crippen MR) is 93.7 cm³/mol. The highest BCUT2D eigenvalue weighted by Crippen LogP contribution is 2.26. The summed E-state index contributed by atoms with van der Waals surface area (Å²) < 4.78 is 29.8. The van der Waals surface area contributed by atoms with Crippen molar-refractivity contribution in [1.82, 2.24) is 28.7 Å². The molecule has 0 aromatic carbocycles. The molecule has 2 rings (SSSR count). The topological polar surface area (TPSA) is 100 Å². The molecule has 1 saturated heterocycles. The van der Waals surface area contributed by atoms with Crippen LogP contribution in [0, 0.1) is 11.8 Å². The van der Waals surface area contributed by atoms with E-state index in [2.05, 4.69) is 28.7 Å². The van der Waals surface area contributed by atoms with E-state index < -0.39 is 10.2 Å². The highest BCUT2D eigenvalue weighted by molar-refractivity contribution is 7.87. The summed E-state index contributed by atoms with van der Waals surface area (Å²) in [6.07, 6.45) is 4.19. The molecule has 0 bridgehead atoms. The summed E-state index contributed by atoms with van der Waals surface area (Å²) in [7, 11) is -0.527. The maximum absolute atomic E-state index is 12.5. The summed E-state index contributed by atoms with van der Waals surface area (Å²) in [5, 5.41) is 4.01. The Morgan fingerprint density at radius 3 is 2.64 bits per heavy atom. The van der Waals surface area contributed by atoms with Gasteiger partial charge >= 0.3 is 0 Å². The number of hydrogen-bond donors (Lipinski definition) is 1. The highest BCUT2D eigenvalue weighted by Gasteiger charge is 2.39. The zero-order valence-electron chi connectivity index (χ0n) is 15.3. The maximum atomic E-state index is 12.5. The van der Waals surface area contributed by atoms with Gasteiger partial charge in [-0.25, -0.2) is 4.98 Å². The largest absolute Gasteiger partial charge is 0.341 e. The summed E-state index contributed by atoms with van der Waals surface area (Å²) in [4.78, 5) is 18.1. The molecule has 0 spiro atoms. The van der Waals surface area contributed by atoms with Crippen molar-refractivity contribution >= 4 is 16.1 Å². The first-order valence-corrected chi connectivity index (χ1v) is 9.94. The minimum Gasteiger partial charge on any atom is -0.341 e. The van der Waals surface area contributed by atoms with Crippen LogP contribution < -0.4 is 4.72 Å². The van der Waals surface area contributed by atoms with Crippen molar-refractivity contribution in [2.45, 2.75) is 39.3 Å². The van der Waals surface area contributed by atoms with E-state index in [9.17, 15) is 13.2 Å². The summed E-state index contributed by atoms with van der Waals surface area (Å²) >= 11 is 0. The smallest absolute Gasteiger partial charge is 0.279 e. The van der Waals surface area contributed by atoms with Crippen LogP contribution in [0.15, 0.2) is 12.7 Å². The number of nitrogens with zero attached hydrogens (tertiary/aromatic N) is 5. The minimum atomic E-state index is -3.52. The number of likely N-dealkylation sites (tertiary alicyclic amines) is 1. The van der Waals surface area contributed by atoms with Gasteiger partial charge in [-0.05, 0) is 18.3 Å². The van der Waals surface area contributed by atoms with E-state index in [1.54, 1.807) is 15.9 Å². The molecule has 1 aliphatic heterocycles. The first-order chi connectivity index (χ1) is 11.7. The van der Waals surface area contributed by atoms with Crippen molar-refractivity contribution in [3.63, 3.8) is 0 Å². The molecule has 1 amide bonds. The third-order valence-corrected chi connectivity index (χ3v) is 6.16. The van der Waals surface area contributed by atoms with E-state index >= 15 is 0 Å². The molecule has 0 aliphatic carbocycles. The Morgan fingerprint density at radius 2 is 2.08 bits per heavy atom. The van der Waals surface area contributed by atoms with E-state index in [0.717, 1.165) is 4.31 Å². The first kappa shape index (κ1) is 19.8. The molecule has 0 radical (unpaired) electrons. The summed E-state index contributed by atoms with van der Waals surface area (Å²) in [6, 6.07) is -0.258. The molecule has 0 unspecified atom stereocenters. The van der Waals surface area contributed by atoms with Gasteiger partial charge in [0.2, 0.25) is 5.91 Å². The van der Waals surface area contributed by atoms with Crippen LogP contribution in [0.25, 0.3) is 0 Å². The second kappa shape index (κ2) is 8.24. The molecule has 25 heavy (non-hydrogen) atoms. The van der Waals surface area contributed by atoms with Gasteiger partial charge in [0.1, 0.15) is 12.7 Å². The molecule has 1 aliphatic rings. The van der Waals surface area contributed by atoms with Gasteiger partial charge in [-0.1, -0.05) is 13.8 Å². The fourth-order valence-corrected chi connectivity index (χ4v) is 3.87. The molecule has 2 atom stereocenters. The molecular weight excluding hydrogens is 344 g/mol. The molecule has 142 valence electrons. The van der Waals surface area contributed by atoms with Crippen LogP contribution in [0.5, 0.6) is 0 Å². The number of amides is 1. The van der Waals surface area contributed by atoms with Gasteiger partial charge in [-0.2, -0.15) is 22.5 Å². The summed E-state index contributed by atoms with van der Waals surface area (Å²) in [5.41, 5.74) is 0. The molecule has 10 heteroatoms. The average molecular weight is 372 g/mol. The monoisotopic (exact) mass is 372 g/mol. The molecular formula is C15H28N6O3S. The van der Waals surface area contributed by atoms with E-state index in [1.807, 2.05) is 0 Å². The molecule has 1 aromatic heterocycles. The summed E-state index contributed by atoms with van der Waals surface area (Å²) in [6.45, 7) is 5.75. The van der Waals surface area contributed by atoms with Crippen LogP contribution in [0.4, 0.5) is 0 Å². The van der Waals surface area contributed by atoms with Crippen LogP contribution in [0.1, 0.15) is 26.7 Å². The lowest BCUT2D eigenvalue weighted by Gasteiger charge is -2.24. The van der Waals surface area contributed by atoms with Crippen molar-refractivity contribution in [1.29, 1.82) is 0 Å². The Kier molecular flexibility index (Phi) is 6.53. The van der Waals surface area contributed by atoms with E-state index in [1.165, 1.54) is 20.4 Å². The van der Waals surface area contributed by atoms with Crippen LogP contribution >= 0.6 is 0 Å². The second-order valence-corrected chi connectivity index (χ2v) is 8.90. The third kappa shape index (κ3) is 5.23. The number of aryl methyl sites for hydroxylation is 1. The quantitative estimate of drug-likeness (QED) is 0.689. The third-order valence-electron chi connectivity index (χ3n) is 4.60. The number of hydrogen-bond acceptors (Lipinski definition) is 5. The molecule has 1 aromatic rings. The van der Waals surface area contributed by atoms with Crippen LogP contribution in [0.2, 0.25) is 0 Å². The molecule has 2 heterocycles. The lowest BCUT2D eigenvalue weighted by atomic mass is 9.92.